The van der Waals surface area contributed by atoms with Gasteiger partial charge in [0, 0.05) is 38.0 Å². The first-order valence-corrected chi connectivity index (χ1v) is 9.86. The molecule has 2 aliphatic rings. The number of carbonyl (C=O) groups is 1. The fraction of sp³-hybridized carbons (Fsp3) is 0.588. The molecule has 1 amide bonds. The second-order valence-corrected chi connectivity index (χ2v) is 8.49. The van der Waals surface area contributed by atoms with Crippen LogP contribution in [0.2, 0.25) is 0 Å². The molecule has 1 aromatic rings. The van der Waals surface area contributed by atoms with E-state index in [9.17, 15) is 13.2 Å². The van der Waals surface area contributed by atoms with E-state index in [0.717, 1.165) is 6.42 Å². The lowest BCUT2D eigenvalue weighted by atomic mass is 9.67. The van der Waals surface area contributed by atoms with Crippen LogP contribution in [0.3, 0.4) is 0 Å². The Kier molecular flexibility index (Phi) is 5.22. The van der Waals surface area contributed by atoms with Crippen molar-refractivity contribution in [2.45, 2.75) is 29.9 Å². The molecule has 24 heavy (non-hydrogen) atoms. The smallest absolute Gasteiger partial charge is 0.221 e. The first-order valence-electron chi connectivity index (χ1n) is 8.20. The van der Waals surface area contributed by atoms with E-state index in [1.54, 1.807) is 37.4 Å². The highest BCUT2D eigenvalue weighted by Gasteiger charge is 2.54. The lowest BCUT2D eigenvalue weighted by Gasteiger charge is -2.47. The van der Waals surface area contributed by atoms with Crippen LogP contribution in [0.25, 0.3) is 0 Å². The summed E-state index contributed by atoms with van der Waals surface area (Å²) in [5.74, 6) is 0.0535. The molecule has 0 bridgehead atoms. The molecular formula is C17H23NO5S. The van der Waals surface area contributed by atoms with E-state index < -0.39 is 9.84 Å². The maximum atomic E-state index is 12.2. The summed E-state index contributed by atoms with van der Waals surface area (Å²) in [5, 5.41) is 2.98. The van der Waals surface area contributed by atoms with E-state index in [0.29, 0.717) is 19.1 Å². The molecule has 1 aliphatic heterocycles. The first kappa shape index (κ1) is 17.4. The molecule has 0 aromatic heterocycles. The number of hydrogen-bond donors (Lipinski definition) is 1. The highest BCUT2D eigenvalue weighted by molar-refractivity contribution is 7.91. The number of amides is 1. The van der Waals surface area contributed by atoms with Crippen molar-refractivity contribution in [3.05, 3.63) is 30.3 Å². The Balaban J connectivity index is 1.54. The largest absolute Gasteiger partial charge is 0.384 e. The van der Waals surface area contributed by atoms with Gasteiger partial charge >= 0.3 is 0 Å². The number of sulfone groups is 1. The van der Waals surface area contributed by atoms with E-state index in [1.165, 1.54) is 0 Å². The summed E-state index contributed by atoms with van der Waals surface area (Å²) >= 11 is 0. The van der Waals surface area contributed by atoms with Crippen molar-refractivity contribution in [2.24, 2.45) is 11.8 Å². The SMILES string of the molecule is COC[C@@H]1[C@H](NC(=O)CCS(=O)(=O)c2ccccc2)[C@@H]2CCO[C@H]12. The van der Waals surface area contributed by atoms with Crippen LogP contribution >= 0.6 is 0 Å². The van der Waals surface area contributed by atoms with Crippen molar-refractivity contribution in [1.29, 1.82) is 0 Å². The van der Waals surface area contributed by atoms with Gasteiger partial charge in [0.1, 0.15) is 0 Å². The number of methoxy groups -OCH3 is 1. The van der Waals surface area contributed by atoms with Crippen molar-refractivity contribution in [3.63, 3.8) is 0 Å². The van der Waals surface area contributed by atoms with Crippen LogP contribution < -0.4 is 5.32 Å². The summed E-state index contributed by atoms with van der Waals surface area (Å²) in [6.45, 7) is 1.25. The van der Waals surface area contributed by atoms with Gasteiger partial charge in [0.05, 0.1) is 23.4 Å². The summed E-state index contributed by atoms with van der Waals surface area (Å²) in [5.41, 5.74) is 0. The fourth-order valence-electron chi connectivity index (χ4n) is 3.67. The second-order valence-electron chi connectivity index (χ2n) is 6.38. The predicted molar refractivity (Wildman–Crippen MR) is 88.3 cm³/mol. The minimum absolute atomic E-state index is 0.0179. The molecule has 2 fully saturated rings. The highest BCUT2D eigenvalue weighted by Crippen LogP contribution is 2.43. The molecule has 6 nitrogen and oxygen atoms in total. The summed E-state index contributed by atoms with van der Waals surface area (Å²) < 4.78 is 35.4. The van der Waals surface area contributed by atoms with Gasteiger partial charge < -0.3 is 14.8 Å². The summed E-state index contributed by atoms with van der Waals surface area (Å²) in [4.78, 5) is 12.5. The first-order chi connectivity index (χ1) is 11.5. The van der Waals surface area contributed by atoms with Crippen molar-refractivity contribution < 1.29 is 22.7 Å². The molecule has 7 heteroatoms. The summed E-state index contributed by atoms with van der Waals surface area (Å²) in [6, 6.07) is 8.23. The Labute approximate surface area is 142 Å². The van der Waals surface area contributed by atoms with Crippen LogP contribution in [0.1, 0.15) is 12.8 Å². The van der Waals surface area contributed by atoms with Gasteiger partial charge in [0.15, 0.2) is 9.84 Å². The van der Waals surface area contributed by atoms with Gasteiger partial charge in [-0.2, -0.15) is 0 Å². The molecule has 4 atom stereocenters. The number of benzene rings is 1. The zero-order valence-corrected chi connectivity index (χ0v) is 14.5. The van der Waals surface area contributed by atoms with Crippen molar-refractivity contribution >= 4 is 15.7 Å². The van der Waals surface area contributed by atoms with Gasteiger partial charge in [-0.05, 0) is 18.6 Å². The number of nitrogens with one attached hydrogen (secondary N) is 1. The van der Waals surface area contributed by atoms with Crippen LogP contribution in [0.4, 0.5) is 0 Å². The van der Waals surface area contributed by atoms with E-state index >= 15 is 0 Å². The van der Waals surface area contributed by atoms with E-state index in [4.69, 9.17) is 9.47 Å². The minimum Gasteiger partial charge on any atom is -0.384 e. The van der Waals surface area contributed by atoms with Crippen LogP contribution in [0, 0.1) is 11.8 Å². The third kappa shape index (κ3) is 3.48. The predicted octanol–water partition coefficient (Wildman–Crippen LogP) is 1.02. The summed E-state index contributed by atoms with van der Waals surface area (Å²) in [7, 11) is -1.80. The molecule has 1 saturated carbocycles. The average Bonchev–Trinajstić information content (AvgIpc) is 3.01. The van der Waals surface area contributed by atoms with E-state index in [1.807, 2.05) is 0 Å². The third-order valence-corrected chi connectivity index (χ3v) is 6.65. The lowest BCUT2D eigenvalue weighted by Crippen LogP contribution is -2.62. The topological polar surface area (TPSA) is 81.7 Å². The molecule has 1 aliphatic carbocycles. The van der Waals surface area contributed by atoms with Crippen LogP contribution in [0.5, 0.6) is 0 Å². The molecule has 3 rings (SSSR count). The van der Waals surface area contributed by atoms with E-state index in [-0.39, 0.29) is 41.0 Å². The molecule has 0 radical (unpaired) electrons. The summed E-state index contributed by atoms with van der Waals surface area (Å²) in [6.07, 6.45) is 1.05. The van der Waals surface area contributed by atoms with Gasteiger partial charge in [-0.3, -0.25) is 4.79 Å². The maximum absolute atomic E-state index is 12.2. The Bertz CT molecular complexity index is 675. The van der Waals surface area contributed by atoms with Gasteiger partial charge in [-0.15, -0.1) is 0 Å². The molecule has 132 valence electrons. The molecule has 1 aromatic carbocycles. The Morgan fingerprint density at radius 2 is 2.08 bits per heavy atom. The normalized spacial score (nSPS) is 28.9. The minimum atomic E-state index is -3.43. The molecule has 1 saturated heterocycles. The third-order valence-electron chi connectivity index (χ3n) is 4.91. The van der Waals surface area contributed by atoms with Crippen molar-refractivity contribution in [1.82, 2.24) is 5.32 Å². The van der Waals surface area contributed by atoms with Crippen molar-refractivity contribution in [2.75, 3.05) is 26.1 Å². The quantitative estimate of drug-likeness (QED) is 0.791. The molecule has 1 heterocycles. The molecule has 0 spiro atoms. The molecule has 0 unspecified atom stereocenters. The standard InChI is InChI=1S/C17H23NO5S/c1-22-11-14-16(13-7-9-23-17(13)14)18-15(19)8-10-24(20,21)12-5-3-2-4-6-12/h2-6,13-14,16-17H,7-11H2,1H3,(H,18,19)/t13-,14+,16+,17-/m0/s1. The fourth-order valence-corrected chi connectivity index (χ4v) is 4.93. The van der Waals surface area contributed by atoms with Gasteiger partial charge in [0.25, 0.3) is 0 Å². The maximum Gasteiger partial charge on any atom is 0.221 e. The Morgan fingerprint density at radius 1 is 1.33 bits per heavy atom. The zero-order valence-electron chi connectivity index (χ0n) is 13.7. The number of ether oxygens (including phenoxy) is 2. The van der Waals surface area contributed by atoms with Crippen molar-refractivity contribution in [3.8, 4) is 0 Å². The number of hydrogen-bond acceptors (Lipinski definition) is 5. The van der Waals surface area contributed by atoms with Gasteiger partial charge in [-0.1, -0.05) is 18.2 Å². The molecular weight excluding hydrogens is 330 g/mol. The van der Waals surface area contributed by atoms with Crippen LogP contribution in [-0.4, -0.2) is 52.5 Å². The highest BCUT2D eigenvalue weighted by atomic mass is 32.2. The van der Waals surface area contributed by atoms with E-state index in [2.05, 4.69) is 5.32 Å². The van der Waals surface area contributed by atoms with Crippen LogP contribution in [0.15, 0.2) is 35.2 Å². The Morgan fingerprint density at radius 3 is 2.79 bits per heavy atom. The Hall–Kier alpha value is -1.44. The van der Waals surface area contributed by atoms with Gasteiger partial charge in [0.2, 0.25) is 5.91 Å². The number of fused-ring (bicyclic) bond motifs is 1. The average molecular weight is 353 g/mol. The zero-order chi connectivity index (χ0) is 17.2. The second kappa shape index (κ2) is 7.21. The lowest BCUT2D eigenvalue weighted by molar-refractivity contribution is -0.129. The van der Waals surface area contributed by atoms with Crippen LogP contribution in [-0.2, 0) is 24.1 Å². The molecule has 1 N–H and O–H groups in total. The number of rotatable bonds is 7. The monoisotopic (exact) mass is 353 g/mol. The number of carbonyl (C=O) groups excluding carboxylic acids is 1. The van der Waals surface area contributed by atoms with Gasteiger partial charge in [-0.25, -0.2) is 8.42 Å².